The second kappa shape index (κ2) is 16.3. The van der Waals surface area contributed by atoms with Crippen LogP contribution in [0.5, 0.6) is 0 Å². The standard InChI is InChI=1S/C59H32F5N5/c60-53-52(54(61)56(63)57(64)55(53)62)38-31-50(68-46-21-9-7-17-41(46)43-29-36(23-25-48(43)68)39-19-11-27-66-58(39)34-13-3-1-4-14-34)45(33-65)51(32-38)69-47-22-10-8-18-42(47)44-30-37(24-26-49(44)69)40-20-12-28-67-59(40)35-15-5-2-6-16-35/h1-32H. The predicted molar refractivity (Wildman–Crippen MR) is 262 cm³/mol. The highest BCUT2D eigenvalue weighted by molar-refractivity contribution is 6.13. The van der Waals surface area contributed by atoms with Crippen molar-refractivity contribution in [3.8, 4) is 73.3 Å². The van der Waals surface area contributed by atoms with E-state index in [9.17, 15) is 9.65 Å². The van der Waals surface area contributed by atoms with Gasteiger partial charge >= 0.3 is 0 Å². The number of nitriles is 1. The Balaban J connectivity index is 1.15. The average Bonchev–Trinajstić information content (AvgIpc) is 3.92. The summed E-state index contributed by atoms with van der Waals surface area (Å²) < 4.78 is 81.0. The predicted octanol–water partition coefficient (Wildman–Crippen LogP) is 15.6. The van der Waals surface area contributed by atoms with E-state index < -0.39 is 34.6 Å². The van der Waals surface area contributed by atoms with Crippen LogP contribution in [-0.4, -0.2) is 19.1 Å². The second-order valence-corrected chi connectivity index (χ2v) is 16.6. The normalized spacial score (nSPS) is 11.5. The summed E-state index contributed by atoms with van der Waals surface area (Å²) in [4.78, 5) is 9.49. The summed E-state index contributed by atoms with van der Waals surface area (Å²) in [5.41, 5.74) is 8.36. The monoisotopic (exact) mass is 905 g/mol. The number of para-hydroxylation sites is 2. The van der Waals surface area contributed by atoms with Crippen molar-refractivity contribution in [1.29, 1.82) is 5.26 Å². The smallest absolute Gasteiger partial charge is 0.200 e. The van der Waals surface area contributed by atoms with Gasteiger partial charge in [0.2, 0.25) is 5.82 Å². The third-order valence-electron chi connectivity index (χ3n) is 12.9. The molecule has 0 aliphatic carbocycles. The molecule has 0 atom stereocenters. The van der Waals surface area contributed by atoms with E-state index in [2.05, 4.69) is 6.07 Å². The SMILES string of the molecule is N#Cc1c(-n2c3ccccc3c3cc(-c4cccnc4-c4ccccc4)ccc32)cc(-c2c(F)c(F)c(F)c(F)c2F)cc1-n1c2ccccc2c2cc(-c3cccnc3-c3ccccc3)ccc21. The van der Waals surface area contributed by atoms with Gasteiger partial charge < -0.3 is 9.13 Å². The maximum Gasteiger partial charge on any atom is 0.200 e. The van der Waals surface area contributed by atoms with E-state index in [0.717, 1.165) is 66.3 Å². The van der Waals surface area contributed by atoms with Crippen LogP contribution in [0.3, 0.4) is 0 Å². The van der Waals surface area contributed by atoms with Crippen molar-refractivity contribution >= 4 is 43.6 Å². The Kier molecular flexibility index (Phi) is 9.74. The number of hydrogen-bond acceptors (Lipinski definition) is 3. The van der Waals surface area contributed by atoms with E-state index >= 15 is 17.6 Å². The minimum atomic E-state index is -2.27. The molecule has 0 N–H and O–H groups in total. The zero-order chi connectivity index (χ0) is 46.9. The lowest BCUT2D eigenvalue weighted by Crippen LogP contribution is -2.08. The molecule has 0 bridgehead atoms. The molecular weight excluding hydrogens is 874 g/mol. The molecule has 0 radical (unpaired) electrons. The van der Waals surface area contributed by atoms with Gasteiger partial charge in [0.15, 0.2) is 23.3 Å². The van der Waals surface area contributed by atoms with Gasteiger partial charge in [0.05, 0.1) is 50.4 Å². The summed E-state index contributed by atoms with van der Waals surface area (Å²) >= 11 is 0. The van der Waals surface area contributed by atoms with Crippen molar-refractivity contribution in [3.63, 3.8) is 0 Å². The molecule has 0 aliphatic rings. The lowest BCUT2D eigenvalue weighted by Gasteiger charge is -2.19. The Labute approximate surface area is 390 Å². The van der Waals surface area contributed by atoms with Gasteiger partial charge in [-0.2, -0.15) is 5.26 Å². The Morgan fingerprint density at radius 2 is 0.768 bits per heavy atom. The maximum absolute atomic E-state index is 16.1. The topological polar surface area (TPSA) is 59.4 Å². The van der Waals surface area contributed by atoms with E-state index in [1.54, 1.807) is 12.4 Å². The number of benzene rings is 8. The van der Waals surface area contributed by atoms with Gasteiger partial charge in [-0.05, 0) is 77.4 Å². The Bertz CT molecular complexity index is 3850. The molecule has 12 rings (SSSR count). The van der Waals surface area contributed by atoms with E-state index in [1.165, 1.54) is 12.1 Å². The molecule has 69 heavy (non-hydrogen) atoms. The van der Waals surface area contributed by atoms with Gasteiger partial charge in [0, 0.05) is 56.2 Å². The fourth-order valence-corrected chi connectivity index (χ4v) is 9.81. The van der Waals surface area contributed by atoms with Gasteiger partial charge in [-0.15, -0.1) is 0 Å². The lowest BCUT2D eigenvalue weighted by molar-refractivity contribution is 0.381. The van der Waals surface area contributed by atoms with E-state index in [4.69, 9.17) is 9.97 Å². The average molecular weight is 906 g/mol. The zero-order valence-corrected chi connectivity index (χ0v) is 36.1. The zero-order valence-electron chi connectivity index (χ0n) is 36.1. The van der Waals surface area contributed by atoms with Gasteiger partial charge in [-0.25, -0.2) is 22.0 Å². The van der Waals surface area contributed by atoms with Gasteiger partial charge in [-0.1, -0.05) is 121 Å². The summed E-state index contributed by atoms with van der Waals surface area (Å²) in [7, 11) is 0. The first-order valence-corrected chi connectivity index (χ1v) is 22.0. The Hall–Kier alpha value is -9.20. The van der Waals surface area contributed by atoms with Gasteiger partial charge in [-0.3, -0.25) is 9.97 Å². The number of nitrogens with zero attached hydrogens (tertiary/aromatic N) is 5. The fraction of sp³-hybridized carbons (Fsp3) is 0. The van der Waals surface area contributed by atoms with Crippen LogP contribution in [0.1, 0.15) is 5.56 Å². The Morgan fingerprint density at radius 3 is 1.22 bits per heavy atom. The maximum atomic E-state index is 16.1. The van der Waals surface area contributed by atoms with E-state index in [1.807, 2.05) is 179 Å². The van der Waals surface area contributed by atoms with Crippen LogP contribution < -0.4 is 0 Å². The molecule has 5 nitrogen and oxygen atoms in total. The quantitative estimate of drug-likeness (QED) is 0.0909. The number of halogens is 5. The Morgan fingerprint density at radius 1 is 0.362 bits per heavy atom. The van der Waals surface area contributed by atoms with Crippen LogP contribution in [0.4, 0.5) is 22.0 Å². The van der Waals surface area contributed by atoms with Crippen molar-refractivity contribution in [2.24, 2.45) is 0 Å². The van der Waals surface area contributed by atoms with Crippen LogP contribution in [-0.2, 0) is 0 Å². The van der Waals surface area contributed by atoms with Crippen LogP contribution in [0.2, 0.25) is 0 Å². The number of hydrogen-bond donors (Lipinski definition) is 0. The van der Waals surface area contributed by atoms with Crippen LogP contribution in [0.15, 0.2) is 194 Å². The van der Waals surface area contributed by atoms with Crippen molar-refractivity contribution in [2.75, 3.05) is 0 Å². The second-order valence-electron chi connectivity index (χ2n) is 16.6. The molecule has 0 unspecified atom stereocenters. The molecule has 328 valence electrons. The first-order chi connectivity index (χ1) is 33.8. The molecule has 8 aromatic carbocycles. The minimum Gasteiger partial charge on any atom is -0.308 e. The van der Waals surface area contributed by atoms with Crippen LogP contribution in [0, 0.1) is 40.4 Å². The number of fused-ring (bicyclic) bond motifs is 6. The van der Waals surface area contributed by atoms with Gasteiger partial charge in [0.25, 0.3) is 0 Å². The van der Waals surface area contributed by atoms with Crippen molar-refractivity contribution in [3.05, 3.63) is 229 Å². The van der Waals surface area contributed by atoms with Crippen LogP contribution >= 0.6 is 0 Å². The molecule has 10 heteroatoms. The summed E-state index contributed by atoms with van der Waals surface area (Å²) in [6.07, 6.45) is 3.49. The van der Waals surface area contributed by atoms with E-state index in [-0.39, 0.29) is 22.5 Å². The highest BCUT2D eigenvalue weighted by Crippen LogP contribution is 2.44. The number of pyridine rings is 2. The molecule has 0 fully saturated rings. The molecule has 0 saturated heterocycles. The molecule has 0 saturated carbocycles. The van der Waals surface area contributed by atoms with Crippen molar-refractivity contribution < 1.29 is 22.0 Å². The minimum absolute atomic E-state index is 0.0818. The molecule has 12 aromatic rings. The lowest BCUT2D eigenvalue weighted by atomic mass is 9.97. The summed E-state index contributed by atoms with van der Waals surface area (Å²) in [6.45, 7) is 0. The summed E-state index contributed by atoms with van der Waals surface area (Å²) in [5.74, 6) is -10.4. The molecule has 0 spiro atoms. The van der Waals surface area contributed by atoms with Crippen molar-refractivity contribution in [1.82, 2.24) is 19.1 Å². The summed E-state index contributed by atoms with van der Waals surface area (Å²) in [6, 6.07) is 59.3. The number of aromatic nitrogens is 4. The molecule has 4 heterocycles. The van der Waals surface area contributed by atoms with Crippen LogP contribution in [0.25, 0.3) is 111 Å². The van der Waals surface area contributed by atoms with E-state index in [0.29, 0.717) is 22.1 Å². The number of rotatable bonds is 7. The van der Waals surface area contributed by atoms with Crippen molar-refractivity contribution in [2.45, 2.75) is 0 Å². The molecule has 0 amide bonds. The molecule has 0 aliphatic heterocycles. The third-order valence-corrected chi connectivity index (χ3v) is 12.9. The fourth-order valence-electron chi connectivity index (χ4n) is 9.81. The largest absolute Gasteiger partial charge is 0.308 e. The molecular formula is C59H32F5N5. The van der Waals surface area contributed by atoms with Gasteiger partial charge in [0.1, 0.15) is 11.6 Å². The first-order valence-electron chi connectivity index (χ1n) is 22.0. The highest BCUT2D eigenvalue weighted by atomic mass is 19.2. The highest BCUT2D eigenvalue weighted by Gasteiger charge is 2.30. The summed E-state index contributed by atoms with van der Waals surface area (Å²) in [5, 5.41) is 14.6. The molecule has 4 aromatic heterocycles. The third kappa shape index (κ3) is 6.50. The first kappa shape index (κ1) is 41.2.